The van der Waals surface area contributed by atoms with E-state index < -0.39 is 0 Å². The van der Waals surface area contributed by atoms with Gasteiger partial charge in [0.15, 0.2) is 0 Å². The number of hydrogen-bond acceptors (Lipinski definition) is 3. The molecule has 0 bridgehead atoms. The van der Waals surface area contributed by atoms with Crippen LogP contribution in [0.25, 0.3) is 10.8 Å². The van der Waals surface area contributed by atoms with Crippen molar-refractivity contribution in [3.05, 3.63) is 62.8 Å². The second-order valence-corrected chi connectivity index (χ2v) is 7.26. The predicted octanol–water partition coefficient (Wildman–Crippen LogP) is 4.54. The van der Waals surface area contributed by atoms with Gasteiger partial charge in [0, 0.05) is 23.7 Å². The molecule has 20 heavy (non-hydrogen) atoms. The highest BCUT2D eigenvalue weighted by Gasteiger charge is 2.03. The summed E-state index contributed by atoms with van der Waals surface area (Å²) in [4.78, 5) is 1.32. The number of fused-ring (bicyclic) bond motifs is 1. The summed E-state index contributed by atoms with van der Waals surface area (Å²) >= 11 is 5.23. The minimum atomic E-state index is 0.784. The van der Waals surface area contributed by atoms with E-state index >= 15 is 0 Å². The van der Waals surface area contributed by atoms with E-state index in [1.165, 1.54) is 19.4 Å². The van der Waals surface area contributed by atoms with Gasteiger partial charge in [0.1, 0.15) is 0 Å². The van der Waals surface area contributed by atoms with Crippen molar-refractivity contribution in [2.75, 3.05) is 5.73 Å². The fraction of sp³-hybridized carbons (Fsp3) is 0.125. The van der Waals surface area contributed by atoms with Gasteiger partial charge in [-0.1, -0.05) is 24.3 Å². The predicted molar refractivity (Wildman–Crippen MR) is 90.9 cm³/mol. The first-order valence-corrected chi connectivity index (χ1v) is 8.05. The Bertz CT molecular complexity index is 736. The fourth-order valence-corrected chi connectivity index (χ4v) is 3.68. The summed E-state index contributed by atoms with van der Waals surface area (Å²) in [6.45, 7) is 1.65. The highest BCUT2D eigenvalue weighted by molar-refractivity contribution is 9.11. The molecule has 0 unspecified atom stereocenters. The number of benzene rings is 2. The van der Waals surface area contributed by atoms with Crippen molar-refractivity contribution >= 4 is 43.7 Å². The lowest BCUT2D eigenvalue weighted by Gasteiger charge is -2.09. The smallest absolute Gasteiger partial charge is 0.0701 e. The lowest BCUT2D eigenvalue weighted by Crippen LogP contribution is -2.13. The van der Waals surface area contributed by atoms with Gasteiger partial charge in [-0.3, -0.25) is 0 Å². The number of rotatable bonds is 4. The van der Waals surface area contributed by atoms with Crippen molar-refractivity contribution in [1.29, 1.82) is 0 Å². The Labute approximate surface area is 130 Å². The van der Waals surface area contributed by atoms with Crippen molar-refractivity contribution in [3.63, 3.8) is 0 Å². The monoisotopic (exact) mass is 346 g/mol. The van der Waals surface area contributed by atoms with Crippen molar-refractivity contribution < 1.29 is 0 Å². The SMILES string of the molecule is Nc1cc2ccccc2cc1CNCc1ccc(Br)s1. The molecule has 0 aliphatic rings. The van der Waals surface area contributed by atoms with Crippen LogP contribution in [0.2, 0.25) is 0 Å². The van der Waals surface area contributed by atoms with Crippen LogP contribution in [-0.2, 0) is 13.1 Å². The second-order valence-electron chi connectivity index (χ2n) is 4.71. The van der Waals surface area contributed by atoms with Crippen LogP contribution in [-0.4, -0.2) is 0 Å². The highest BCUT2D eigenvalue weighted by atomic mass is 79.9. The van der Waals surface area contributed by atoms with Crippen LogP contribution in [0, 0.1) is 0 Å². The number of nitrogens with one attached hydrogen (secondary N) is 1. The first-order chi connectivity index (χ1) is 9.72. The number of hydrogen-bond donors (Lipinski definition) is 2. The number of halogens is 1. The minimum absolute atomic E-state index is 0.784. The van der Waals surface area contributed by atoms with E-state index in [4.69, 9.17) is 5.73 Å². The summed E-state index contributed by atoms with van der Waals surface area (Å²) < 4.78 is 1.17. The molecule has 3 rings (SSSR count). The van der Waals surface area contributed by atoms with E-state index in [2.05, 4.69) is 57.6 Å². The van der Waals surface area contributed by atoms with Crippen LogP contribution in [0.1, 0.15) is 10.4 Å². The molecule has 3 N–H and O–H groups in total. The van der Waals surface area contributed by atoms with Gasteiger partial charge in [0.05, 0.1) is 3.79 Å². The highest BCUT2D eigenvalue weighted by Crippen LogP contribution is 2.23. The molecule has 0 saturated carbocycles. The molecular weight excluding hydrogens is 332 g/mol. The summed E-state index contributed by atoms with van der Waals surface area (Å²) in [6, 6.07) is 16.7. The largest absolute Gasteiger partial charge is 0.398 e. The van der Waals surface area contributed by atoms with Crippen LogP contribution in [0.5, 0.6) is 0 Å². The van der Waals surface area contributed by atoms with E-state index in [0.29, 0.717) is 0 Å². The zero-order valence-electron chi connectivity index (χ0n) is 10.9. The maximum absolute atomic E-state index is 6.13. The molecule has 1 aromatic heterocycles. The number of thiophene rings is 1. The molecule has 0 aliphatic heterocycles. The summed E-state index contributed by atoms with van der Waals surface area (Å²) in [6.07, 6.45) is 0. The van der Waals surface area contributed by atoms with Crippen LogP contribution in [0.15, 0.2) is 52.3 Å². The molecule has 0 atom stereocenters. The molecule has 3 aromatic rings. The molecule has 4 heteroatoms. The van der Waals surface area contributed by atoms with Crippen LogP contribution in [0.4, 0.5) is 5.69 Å². The molecule has 0 spiro atoms. The molecule has 2 aromatic carbocycles. The van der Waals surface area contributed by atoms with E-state index in [1.807, 2.05) is 12.1 Å². The number of nitrogens with two attached hydrogens (primary N) is 1. The third-order valence-corrected chi connectivity index (χ3v) is 4.87. The zero-order chi connectivity index (χ0) is 13.9. The summed E-state index contributed by atoms with van der Waals surface area (Å²) in [7, 11) is 0. The Morgan fingerprint density at radius 2 is 1.75 bits per heavy atom. The summed E-state index contributed by atoms with van der Waals surface area (Å²) in [5.74, 6) is 0. The van der Waals surface area contributed by atoms with Gasteiger partial charge in [-0.15, -0.1) is 11.3 Å². The average Bonchev–Trinajstić information content (AvgIpc) is 2.85. The summed E-state index contributed by atoms with van der Waals surface area (Å²) in [5.41, 5.74) is 8.13. The van der Waals surface area contributed by atoms with Crippen LogP contribution in [0.3, 0.4) is 0 Å². The molecule has 0 amide bonds. The third kappa shape index (κ3) is 3.03. The van der Waals surface area contributed by atoms with Gasteiger partial charge in [0.25, 0.3) is 0 Å². The Hall–Kier alpha value is -1.36. The minimum Gasteiger partial charge on any atom is -0.398 e. The standard InChI is InChI=1S/C16H15BrN2S/c17-16-6-5-14(20-16)10-19-9-13-7-11-3-1-2-4-12(11)8-15(13)18/h1-8,19H,9-10,18H2. The Balaban J connectivity index is 1.72. The Kier molecular flexibility index (Phi) is 4.05. The van der Waals surface area contributed by atoms with Gasteiger partial charge < -0.3 is 11.1 Å². The van der Waals surface area contributed by atoms with Crippen molar-refractivity contribution in [2.24, 2.45) is 0 Å². The first kappa shape index (κ1) is 13.6. The lowest BCUT2D eigenvalue weighted by atomic mass is 10.1. The van der Waals surface area contributed by atoms with E-state index in [9.17, 15) is 0 Å². The summed E-state index contributed by atoms with van der Waals surface area (Å²) in [5, 5.41) is 5.87. The average molecular weight is 347 g/mol. The molecule has 0 fully saturated rings. The first-order valence-electron chi connectivity index (χ1n) is 6.44. The zero-order valence-corrected chi connectivity index (χ0v) is 13.3. The molecule has 2 nitrogen and oxygen atoms in total. The van der Waals surface area contributed by atoms with Gasteiger partial charge in [-0.05, 0) is 56.5 Å². The molecule has 0 aliphatic carbocycles. The second kappa shape index (κ2) is 5.95. The van der Waals surface area contributed by atoms with Crippen molar-refractivity contribution in [2.45, 2.75) is 13.1 Å². The fourth-order valence-electron chi connectivity index (χ4n) is 2.23. The lowest BCUT2D eigenvalue weighted by molar-refractivity contribution is 0.703. The van der Waals surface area contributed by atoms with Gasteiger partial charge in [-0.2, -0.15) is 0 Å². The van der Waals surface area contributed by atoms with Crippen LogP contribution >= 0.6 is 27.3 Å². The van der Waals surface area contributed by atoms with Crippen molar-refractivity contribution in [1.82, 2.24) is 5.32 Å². The Morgan fingerprint density at radius 3 is 2.45 bits per heavy atom. The van der Waals surface area contributed by atoms with Gasteiger partial charge in [0.2, 0.25) is 0 Å². The maximum Gasteiger partial charge on any atom is 0.0701 e. The number of anilines is 1. The van der Waals surface area contributed by atoms with E-state index in [1.54, 1.807) is 11.3 Å². The maximum atomic E-state index is 6.13. The van der Waals surface area contributed by atoms with Crippen LogP contribution < -0.4 is 11.1 Å². The number of nitrogen functional groups attached to an aromatic ring is 1. The quantitative estimate of drug-likeness (QED) is 0.680. The van der Waals surface area contributed by atoms with E-state index in [0.717, 1.165) is 24.3 Å². The normalized spacial score (nSPS) is 11.1. The molecular formula is C16H15BrN2S. The van der Waals surface area contributed by atoms with Gasteiger partial charge >= 0.3 is 0 Å². The van der Waals surface area contributed by atoms with E-state index in [-0.39, 0.29) is 0 Å². The van der Waals surface area contributed by atoms with Crippen molar-refractivity contribution in [3.8, 4) is 0 Å². The van der Waals surface area contributed by atoms with Gasteiger partial charge in [-0.25, -0.2) is 0 Å². The third-order valence-electron chi connectivity index (χ3n) is 3.25. The molecule has 0 radical (unpaired) electrons. The molecule has 0 saturated heterocycles. The molecule has 1 heterocycles. The topological polar surface area (TPSA) is 38.0 Å². The Morgan fingerprint density at radius 1 is 1.00 bits per heavy atom. The molecule has 102 valence electrons.